The van der Waals surface area contributed by atoms with Crippen molar-refractivity contribution in [3.05, 3.63) is 60.7 Å². The maximum atomic E-state index is 2.58. The first-order valence-corrected chi connectivity index (χ1v) is 19.4. The van der Waals surface area contributed by atoms with Crippen LogP contribution in [0.1, 0.15) is 0 Å². The quantitative estimate of drug-likeness (QED) is 0.404. The zero-order chi connectivity index (χ0) is 18.7. The van der Waals surface area contributed by atoms with Gasteiger partial charge in [0, 0.05) is 0 Å². The molecule has 10 heterocycles. The van der Waals surface area contributed by atoms with E-state index in [9.17, 15) is 0 Å². The Hall–Kier alpha value is -0.651. The zero-order valence-corrected chi connectivity index (χ0v) is 19.0. The van der Waals surface area contributed by atoms with Crippen LogP contribution in [0.3, 0.4) is 0 Å². The van der Waals surface area contributed by atoms with Crippen molar-refractivity contribution >= 4 is 18.5 Å². The van der Waals surface area contributed by atoms with Crippen molar-refractivity contribution in [1.82, 2.24) is 4.90 Å². The van der Waals surface area contributed by atoms with Crippen molar-refractivity contribution in [2.75, 3.05) is 20.6 Å². The van der Waals surface area contributed by atoms with E-state index in [1.165, 1.54) is 49.9 Å². The van der Waals surface area contributed by atoms with Gasteiger partial charge in [-0.05, 0) is 0 Å². The summed E-state index contributed by atoms with van der Waals surface area (Å²) in [6.45, 7) is -1.81. The van der Waals surface area contributed by atoms with Gasteiger partial charge in [-0.2, -0.15) is 0 Å². The summed E-state index contributed by atoms with van der Waals surface area (Å²) in [6.07, 6.45) is 0. The van der Waals surface area contributed by atoms with E-state index in [1.54, 1.807) is 10.6 Å². The van der Waals surface area contributed by atoms with E-state index in [2.05, 4.69) is 79.7 Å². The maximum absolute atomic E-state index is 3.15. The number of rotatable bonds is 6. The molecule has 10 aliphatic rings. The molecule has 2 aromatic rings. The van der Waals surface area contributed by atoms with Crippen molar-refractivity contribution in [3.8, 4) is 0 Å². The number of benzene rings is 2. The van der Waals surface area contributed by atoms with E-state index in [4.69, 9.17) is 0 Å². The topological polar surface area (TPSA) is 3.24 Å². The van der Waals surface area contributed by atoms with Gasteiger partial charge in [-0.15, -0.1) is 0 Å². The Balaban J connectivity index is 1.18. The Morgan fingerprint density at radius 3 is 1.52 bits per heavy atom. The van der Waals surface area contributed by atoms with Crippen LogP contribution in [0.15, 0.2) is 60.7 Å². The van der Waals surface area contributed by atoms with Gasteiger partial charge in [0.15, 0.2) is 0 Å². The van der Waals surface area contributed by atoms with Crippen molar-refractivity contribution in [2.24, 2.45) is 0 Å². The first-order chi connectivity index (χ1) is 13.9. The van der Waals surface area contributed by atoms with E-state index in [-0.39, 0.29) is 7.92 Å². The predicted octanol–water partition coefficient (Wildman–Crippen LogP) is 5.81. The van der Waals surface area contributed by atoms with Gasteiger partial charge in [-0.3, -0.25) is 0 Å². The Labute approximate surface area is 164 Å². The second-order valence-electron chi connectivity index (χ2n) is 14.6. The standard InChI is InChI=1S/C21H23NP.C5H5.Fe/c1-22(2)17-21(18-11-9-10-12-18)23(19-13-5-3-6-14-19)20-15-7-4-8-16-20;1-2-4-5-3-1;/h3-16,21H,17H2,1-2H3;1-5H;. The molecule has 1 spiro atoms. The van der Waals surface area contributed by atoms with E-state index in [0.717, 1.165) is 9.97 Å². The molecule has 29 heavy (non-hydrogen) atoms. The Kier molecular flexibility index (Phi) is 0.840. The molecule has 0 N–H and O–H groups in total. The fourth-order valence-electron chi connectivity index (χ4n) is 19.7. The zero-order valence-electron chi connectivity index (χ0n) is 17.0. The van der Waals surface area contributed by atoms with E-state index >= 15 is 0 Å². The summed E-state index contributed by atoms with van der Waals surface area (Å²) in [5.41, 5.74) is 0.950. The van der Waals surface area contributed by atoms with Gasteiger partial charge in [-0.1, -0.05) is 0 Å². The molecule has 10 saturated heterocycles. The van der Waals surface area contributed by atoms with Crippen LogP contribution in [-0.4, -0.2) is 31.2 Å². The normalized spacial score (nSPS) is 76.1. The summed E-state index contributed by atoms with van der Waals surface area (Å²) in [5, 5.41) is 3.33. The van der Waals surface area contributed by atoms with Crippen molar-refractivity contribution in [3.63, 3.8) is 0 Å². The molecule has 10 fully saturated rings. The SMILES string of the molecule is CN(C)CC(P(c1ccccc1)c1ccccc1)[C]12[CH]3[CH]4[CH]5[CH]1[Fe]45321678[CH]2[CH]1[CH]6[CH]7[CH]28. The van der Waals surface area contributed by atoms with Gasteiger partial charge in [0.1, 0.15) is 0 Å². The Morgan fingerprint density at radius 2 is 1.21 bits per heavy atom. The molecule has 150 valence electrons. The molecule has 0 radical (unpaired) electrons. The van der Waals surface area contributed by atoms with Crippen LogP contribution in [-0.2, 0) is 6.51 Å². The average molecular weight is 441 g/mol. The van der Waals surface area contributed by atoms with Crippen LogP contribution >= 0.6 is 7.92 Å². The third kappa shape index (κ3) is 0.280. The van der Waals surface area contributed by atoms with Crippen LogP contribution in [0.4, 0.5) is 0 Å². The molecular formula is C26H28FeNP. The monoisotopic (exact) mass is 441 g/mol. The molecule has 5 unspecified atom stereocenters. The van der Waals surface area contributed by atoms with Crippen LogP contribution in [0.25, 0.3) is 0 Å². The van der Waals surface area contributed by atoms with Crippen molar-refractivity contribution in [2.45, 2.75) is 53.3 Å². The summed E-state index contributed by atoms with van der Waals surface area (Å²) in [4.78, 5) is 15.3. The predicted molar refractivity (Wildman–Crippen MR) is 118 cm³/mol. The third-order valence-corrected chi connectivity index (χ3v) is 64.1. The molecule has 0 aliphatic carbocycles. The molecule has 12 rings (SSSR count). The van der Waals surface area contributed by atoms with Crippen LogP contribution < -0.4 is 10.6 Å². The molecule has 1 nitrogen and oxygen atoms in total. The summed E-state index contributed by atoms with van der Waals surface area (Å²) in [5.74, 6) is 0. The molecule has 2 aromatic carbocycles. The van der Waals surface area contributed by atoms with Gasteiger partial charge < -0.3 is 0 Å². The van der Waals surface area contributed by atoms with Crippen molar-refractivity contribution in [1.29, 1.82) is 0 Å². The van der Waals surface area contributed by atoms with E-state index < -0.39 is 6.51 Å². The summed E-state index contributed by atoms with van der Waals surface area (Å²) < 4.78 is 0.959. The number of hydrogen-bond donors (Lipinski definition) is 0. The van der Waals surface area contributed by atoms with E-state index in [0.29, 0.717) is 0 Å². The molecular weight excluding hydrogens is 413 g/mol. The van der Waals surface area contributed by atoms with Crippen LogP contribution in [0.2, 0.25) is 47.7 Å². The first-order valence-electron chi connectivity index (χ1n) is 11.7. The Bertz CT molecular complexity index is 1430. The molecule has 0 aromatic heterocycles. The first kappa shape index (κ1) is 13.7. The van der Waals surface area contributed by atoms with Gasteiger partial charge >= 0.3 is 165 Å². The molecule has 3 heteroatoms. The molecule has 0 saturated carbocycles. The second-order valence-corrected chi connectivity index (χ2v) is 40.6. The summed E-state index contributed by atoms with van der Waals surface area (Å²) >= 11 is 0. The third-order valence-electron chi connectivity index (χ3n) is 18.2. The van der Waals surface area contributed by atoms with Gasteiger partial charge in [0.05, 0.1) is 0 Å². The minimum absolute atomic E-state index is 0.260. The Morgan fingerprint density at radius 1 is 0.759 bits per heavy atom. The number of nitrogens with zero attached hydrogens (tertiary/aromatic N) is 1. The fourth-order valence-corrected chi connectivity index (χ4v) is 101. The molecule has 0 bridgehead atoms. The van der Waals surface area contributed by atoms with E-state index in [1.807, 2.05) is 0 Å². The average Bonchev–Trinajstić information content (AvgIpc) is 3.68. The van der Waals surface area contributed by atoms with Gasteiger partial charge in [-0.25, -0.2) is 0 Å². The van der Waals surface area contributed by atoms with Crippen LogP contribution in [0.5, 0.6) is 0 Å². The summed E-state index contributed by atoms with van der Waals surface area (Å²) in [6, 6.07) is 23.6. The van der Waals surface area contributed by atoms with Gasteiger partial charge in [0.2, 0.25) is 0 Å². The molecule has 10 aliphatic heterocycles. The minimum atomic E-state index is -3.15. The second kappa shape index (κ2) is 1.78. The van der Waals surface area contributed by atoms with Crippen molar-refractivity contribution < 1.29 is 6.51 Å². The van der Waals surface area contributed by atoms with Crippen LogP contribution in [0, 0.1) is 0 Å². The number of fused-ring (bicyclic) bond motifs is 10. The number of hydrogen-bond acceptors (Lipinski definition) is 1. The fraction of sp³-hybridized carbons (Fsp3) is 0.538. The molecule has 0 amide bonds. The molecule has 5 atom stereocenters. The summed E-state index contributed by atoms with van der Waals surface area (Å²) in [7, 11) is 4.46. The van der Waals surface area contributed by atoms with Gasteiger partial charge in [0.25, 0.3) is 0 Å².